The molecule has 5 nitrogen and oxygen atoms in total. The predicted octanol–water partition coefficient (Wildman–Crippen LogP) is 3.95. The smallest absolute Gasteiger partial charge is 0.251 e. The van der Waals surface area contributed by atoms with Gasteiger partial charge in [-0.15, -0.1) is 0 Å². The van der Waals surface area contributed by atoms with Crippen LogP contribution in [0.1, 0.15) is 37.9 Å². The van der Waals surface area contributed by atoms with Crippen molar-refractivity contribution in [3.05, 3.63) is 94.8 Å². The Hall–Kier alpha value is -2.99. The van der Waals surface area contributed by atoms with Gasteiger partial charge in [0.2, 0.25) is 0 Å². The number of nitrogens with one attached hydrogen (secondary N) is 1. The molecule has 0 aliphatic heterocycles. The molecule has 0 saturated carbocycles. The lowest BCUT2D eigenvalue weighted by molar-refractivity contribution is 0.0953. The molecule has 1 heterocycles. The van der Waals surface area contributed by atoms with Gasteiger partial charge in [-0.25, -0.2) is 8.42 Å². The Kier molecular flexibility index (Phi) is 6.13. The van der Waals surface area contributed by atoms with E-state index >= 15 is 0 Å². The van der Waals surface area contributed by atoms with Crippen molar-refractivity contribution in [1.82, 2.24) is 10.3 Å². The normalized spacial score (nSPS) is 12.4. The van der Waals surface area contributed by atoms with E-state index in [1.54, 1.807) is 54.7 Å². The fraction of sp³-hybridized carbons (Fsp3) is 0.217. The van der Waals surface area contributed by atoms with Crippen molar-refractivity contribution in [3.8, 4) is 0 Å². The van der Waals surface area contributed by atoms with Gasteiger partial charge in [0, 0.05) is 24.5 Å². The van der Waals surface area contributed by atoms with Crippen LogP contribution >= 0.6 is 0 Å². The Bertz CT molecular complexity index is 1110. The van der Waals surface area contributed by atoms with E-state index in [0.717, 1.165) is 16.7 Å². The maximum atomic E-state index is 13.3. The molecule has 1 atom stereocenters. The second-order valence-electron chi connectivity index (χ2n) is 7.14. The monoisotopic (exact) mass is 408 g/mol. The first-order valence-corrected chi connectivity index (χ1v) is 10.9. The van der Waals surface area contributed by atoms with Crippen LogP contribution in [0, 0.1) is 20.8 Å². The summed E-state index contributed by atoms with van der Waals surface area (Å²) in [7, 11) is -3.72. The topological polar surface area (TPSA) is 76.1 Å². The number of carbonyl (C=O) groups excluding carboxylic acids is 1. The number of aryl methyl sites for hydroxylation is 3. The molecule has 29 heavy (non-hydrogen) atoms. The highest BCUT2D eigenvalue weighted by atomic mass is 32.2. The van der Waals surface area contributed by atoms with Gasteiger partial charge in [0.25, 0.3) is 5.91 Å². The molecular weight excluding hydrogens is 384 g/mol. The summed E-state index contributed by atoms with van der Waals surface area (Å²) in [4.78, 5) is 16.9. The van der Waals surface area contributed by atoms with E-state index in [4.69, 9.17) is 0 Å². The molecule has 1 amide bonds. The van der Waals surface area contributed by atoms with Crippen LogP contribution in [0.3, 0.4) is 0 Å². The minimum Gasteiger partial charge on any atom is -0.350 e. The molecule has 0 saturated heterocycles. The number of amides is 1. The first-order valence-electron chi connectivity index (χ1n) is 9.35. The van der Waals surface area contributed by atoms with Crippen molar-refractivity contribution in [3.63, 3.8) is 0 Å². The average Bonchev–Trinajstić information content (AvgIpc) is 2.71. The molecule has 2 aromatic carbocycles. The van der Waals surface area contributed by atoms with Gasteiger partial charge >= 0.3 is 0 Å². The van der Waals surface area contributed by atoms with Crippen molar-refractivity contribution in [1.29, 1.82) is 0 Å². The maximum absolute atomic E-state index is 13.3. The van der Waals surface area contributed by atoms with Crippen molar-refractivity contribution < 1.29 is 13.2 Å². The fourth-order valence-corrected chi connectivity index (χ4v) is 4.68. The van der Waals surface area contributed by atoms with Crippen LogP contribution in [0.4, 0.5) is 0 Å². The van der Waals surface area contributed by atoms with Crippen LogP contribution in [0.15, 0.2) is 71.9 Å². The van der Waals surface area contributed by atoms with E-state index in [1.165, 1.54) is 6.20 Å². The highest BCUT2D eigenvalue weighted by Gasteiger charge is 2.30. The van der Waals surface area contributed by atoms with Crippen molar-refractivity contribution in [2.75, 3.05) is 6.54 Å². The number of sulfone groups is 1. The van der Waals surface area contributed by atoms with Gasteiger partial charge in [0.05, 0.1) is 4.90 Å². The molecule has 0 radical (unpaired) electrons. The van der Waals surface area contributed by atoms with Crippen LogP contribution in [-0.4, -0.2) is 25.9 Å². The minimum atomic E-state index is -3.72. The first-order chi connectivity index (χ1) is 13.8. The SMILES string of the molecule is Cc1ccc(S(=O)(=O)[C@H](CNC(=O)c2ccc(C)c(C)c2)c2cccnc2)cc1. The van der Waals surface area contributed by atoms with E-state index in [1.807, 2.05) is 26.8 Å². The van der Waals surface area contributed by atoms with Crippen molar-refractivity contribution in [2.24, 2.45) is 0 Å². The van der Waals surface area contributed by atoms with Gasteiger partial charge in [0.15, 0.2) is 9.84 Å². The van der Waals surface area contributed by atoms with E-state index in [2.05, 4.69) is 10.3 Å². The molecule has 150 valence electrons. The molecule has 6 heteroatoms. The largest absolute Gasteiger partial charge is 0.350 e. The second-order valence-corrected chi connectivity index (χ2v) is 9.27. The summed E-state index contributed by atoms with van der Waals surface area (Å²) < 4.78 is 26.6. The third-order valence-electron chi connectivity index (χ3n) is 5.00. The van der Waals surface area contributed by atoms with Crippen LogP contribution in [-0.2, 0) is 9.84 Å². The standard InChI is InChI=1S/C23H24N2O3S/c1-16-6-10-21(11-7-16)29(27,28)22(20-5-4-12-24-14-20)15-25-23(26)19-9-8-17(2)18(3)13-19/h4-14,22H,15H2,1-3H3,(H,25,26)/t22-/m1/s1. The molecule has 3 aromatic rings. The molecule has 0 aliphatic carbocycles. The third-order valence-corrected chi connectivity index (χ3v) is 7.11. The van der Waals surface area contributed by atoms with E-state index in [9.17, 15) is 13.2 Å². The summed E-state index contributed by atoms with van der Waals surface area (Å²) in [5.74, 6) is -0.305. The number of hydrogen-bond acceptors (Lipinski definition) is 4. The summed E-state index contributed by atoms with van der Waals surface area (Å²) in [5.41, 5.74) is 4.12. The van der Waals surface area contributed by atoms with Crippen LogP contribution in [0.25, 0.3) is 0 Å². The Labute approximate surface area is 171 Å². The first kappa shape index (κ1) is 20.7. The summed E-state index contributed by atoms with van der Waals surface area (Å²) in [6.45, 7) is 5.77. The van der Waals surface area contributed by atoms with Crippen LogP contribution in [0.2, 0.25) is 0 Å². The lowest BCUT2D eigenvalue weighted by atomic mass is 10.1. The van der Waals surface area contributed by atoms with Gasteiger partial charge in [0.1, 0.15) is 5.25 Å². The molecule has 0 bridgehead atoms. The molecule has 1 aromatic heterocycles. The molecule has 0 spiro atoms. The predicted molar refractivity (Wildman–Crippen MR) is 114 cm³/mol. The Morgan fingerprint density at radius 2 is 1.72 bits per heavy atom. The molecular formula is C23H24N2O3S. The van der Waals surface area contributed by atoms with Gasteiger partial charge < -0.3 is 5.32 Å². The van der Waals surface area contributed by atoms with Gasteiger partial charge in [-0.2, -0.15) is 0 Å². The zero-order valence-corrected chi connectivity index (χ0v) is 17.5. The number of pyridine rings is 1. The Morgan fingerprint density at radius 1 is 1.00 bits per heavy atom. The number of rotatable bonds is 6. The number of carbonyl (C=O) groups is 1. The Balaban J connectivity index is 1.89. The molecule has 1 N–H and O–H groups in total. The van der Waals surface area contributed by atoms with Crippen LogP contribution in [0.5, 0.6) is 0 Å². The number of benzene rings is 2. The quantitative estimate of drug-likeness (QED) is 0.670. The molecule has 0 unspecified atom stereocenters. The zero-order valence-electron chi connectivity index (χ0n) is 16.7. The fourth-order valence-electron chi connectivity index (χ4n) is 3.04. The minimum absolute atomic E-state index is 0.0480. The van der Waals surface area contributed by atoms with E-state index in [-0.39, 0.29) is 17.3 Å². The molecule has 3 rings (SSSR count). The summed E-state index contributed by atoms with van der Waals surface area (Å²) in [5, 5.41) is 1.85. The summed E-state index contributed by atoms with van der Waals surface area (Å²) in [6, 6.07) is 15.6. The van der Waals surface area contributed by atoms with Gasteiger partial charge in [-0.1, -0.05) is 29.8 Å². The third kappa shape index (κ3) is 4.71. The van der Waals surface area contributed by atoms with E-state index < -0.39 is 15.1 Å². The van der Waals surface area contributed by atoms with E-state index in [0.29, 0.717) is 11.1 Å². The number of nitrogens with zero attached hydrogens (tertiary/aromatic N) is 1. The van der Waals surface area contributed by atoms with Gasteiger partial charge in [-0.05, 0) is 67.8 Å². The number of hydrogen-bond donors (Lipinski definition) is 1. The highest BCUT2D eigenvalue weighted by molar-refractivity contribution is 7.91. The molecule has 0 aliphatic rings. The summed E-state index contributed by atoms with van der Waals surface area (Å²) >= 11 is 0. The second kappa shape index (κ2) is 8.57. The lowest BCUT2D eigenvalue weighted by Gasteiger charge is -2.19. The maximum Gasteiger partial charge on any atom is 0.251 e. The lowest BCUT2D eigenvalue weighted by Crippen LogP contribution is -2.32. The van der Waals surface area contributed by atoms with Crippen LogP contribution < -0.4 is 5.32 Å². The van der Waals surface area contributed by atoms with Gasteiger partial charge in [-0.3, -0.25) is 9.78 Å². The average molecular weight is 409 g/mol. The highest BCUT2D eigenvalue weighted by Crippen LogP contribution is 2.28. The molecule has 0 fully saturated rings. The zero-order chi connectivity index (χ0) is 21.0. The number of aromatic nitrogens is 1. The Morgan fingerprint density at radius 3 is 2.34 bits per heavy atom. The van der Waals surface area contributed by atoms with Crippen molar-refractivity contribution >= 4 is 15.7 Å². The van der Waals surface area contributed by atoms with Crippen molar-refractivity contribution in [2.45, 2.75) is 30.9 Å². The summed E-state index contributed by atoms with van der Waals surface area (Å²) in [6.07, 6.45) is 3.12.